The number of carboxylic acid groups (broad SMARTS) is 1. The quantitative estimate of drug-likeness (QED) is 0.460. The molecule has 0 saturated carbocycles. The molecule has 21 heavy (non-hydrogen) atoms. The maximum Gasteiger partial charge on any atom is 0.335 e. The van der Waals surface area contributed by atoms with Gasteiger partial charge in [-0.25, -0.2) is 4.79 Å². The van der Waals surface area contributed by atoms with Crippen LogP contribution in [0.3, 0.4) is 0 Å². The van der Waals surface area contributed by atoms with Gasteiger partial charge in [0.1, 0.15) is 5.75 Å². The third kappa shape index (κ3) is 4.68. The van der Waals surface area contributed by atoms with Gasteiger partial charge in [-0.1, -0.05) is 22.0 Å². The lowest BCUT2D eigenvalue weighted by atomic mass is 10.2. The molecule has 2 rings (SSSR count). The second-order valence-corrected chi connectivity index (χ2v) is 6.26. The number of nitrogen functional groups attached to an aromatic ring is 1. The fraction of sp³-hybridized carbons (Fsp3) is 0.133. The number of ether oxygens (including phenoxy) is 1. The van der Waals surface area contributed by atoms with E-state index < -0.39 is 5.97 Å². The van der Waals surface area contributed by atoms with E-state index in [1.807, 2.05) is 18.2 Å². The molecule has 3 N–H and O–H groups in total. The molecule has 0 heterocycles. The van der Waals surface area contributed by atoms with Crippen LogP contribution in [-0.4, -0.2) is 23.4 Å². The molecule has 6 heteroatoms. The SMILES string of the molecule is Nc1cc(Br)ccc1SCCOc1cccc(C(=O)O)c1. The van der Waals surface area contributed by atoms with Crippen LogP contribution in [0.15, 0.2) is 51.8 Å². The molecule has 0 amide bonds. The highest BCUT2D eigenvalue weighted by Gasteiger charge is 2.04. The zero-order valence-corrected chi connectivity index (χ0v) is 13.5. The molecule has 0 bridgehead atoms. The van der Waals surface area contributed by atoms with E-state index in [0.29, 0.717) is 12.4 Å². The van der Waals surface area contributed by atoms with Crippen LogP contribution >= 0.6 is 27.7 Å². The minimum absolute atomic E-state index is 0.220. The molecule has 0 atom stereocenters. The number of rotatable bonds is 6. The van der Waals surface area contributed by atoms with Crippen LogP contribution < -0.4 is 10.5 Å². The van der Waals surface area contributed by atoms with E-state index in [0.717, 1.165) is 20.8 Å². The van der Waals surface area contributed by atoms with Crippen LogP contribution in [0.4, 0.5) is 5.69 Å². The predicted octanol–water partition coefficient (Wildman–Crippen LogP) is 3.90. The number of nitrogens with two attached hydrogens (primary N) is 1. The van der Waals surface area contributed by atoms with Crippen molar-refractivity contribution in [2.75, 3.05) is 18.1 Å². The number of hydrogen-bond acceptors (Lipinski definition) is 4. The lowest BCUT2D eigenvalue weighted by Gasteiger charge is -2.08. The van der Waals surface area contributed by atoms with Crippen molar-refractivity contribution < 1.29 is 14.6 Å². The van der Waals surface area contributed by atoms with Crippen molar-refractivity contribution in [1.82, 2.24) is 0 Å². The Balaban J connectivity index is 1.84. The van der Waals surface area contributed by atoms with E-state index in [1.54, 1.807) is 23.9 Å². The molecule has 110 valence electrons. The molecule has 0 unspecified atom stereocenters. The highest BCUT2D eigenvalue weighted by molar-refractivity contribution is 9.10. The van der Waals surface area contributed by atoms with E-state index >= 15 is 0 Å². The number of hydrogen-bond donors (Lipinski definition) is 2. The van der Waals surface area contributed by atoms with Crippen LogP contribution in [0.1, 0.15) is 10.4 Å². The van der Waals surface area contributed by atoms with Gasteiger partial charge < -0.3 is 15.6 Å². The van der Waals surface area contributed by atoms with E-state index in [-0.39, 0.29) is 5.56 Å². The minimum Gasteiger partial charge on any atom is -0.493 e. The molecule has 0 aliphatic rings. The summed E-state index contributed by atoms with van der Waals surface area (Å²) in [5.41, 5.74) is 6.86. The van der Waals surface area contributed by atoms with Crippen molar-refractivity contribution in [3.05, 3.63) is 52.5 Å². The fourth-order valence-corrected chi connectivity index (χ4v) is 2.84. The van der Waals surface area contributed by atoms with Gasteiger partial charge in [0.05, 0.1) is 12.2 Å². The number of aromatic carboxylic acids is 1. The van der Waals surface area contributed by atoms with Crippen LogP contribution in [0.25, 0.3) is 0 Å². The molecule has 0 aromatic heterocycles. The summed E-state index contributed by atoms with van der Waals surface area (Å²) in [6, 6.07) is 12.2. The van der Waals surface area contributed by atoms with Crippen molar-refractivity contribution in [3.8, 4) is 5.75 Å². The van der Waals surface area contributed by atoms with Crippen LogP contribution in [-0.2, 0) is 0 Å². The van der Waals surface area contributed by atoms with E-state index in [2.05, 4.69) is 15.9 Å². The lowest BCUT2D eigenvalue weighted by molar-refractivity contribution is 0.0696. The molecule has 0 aliphatic heterocycles. The highest BCUT2D eigenvalue weighted by atomic mass is 79.9. The Morgan fingerprint density at radius 1 is 1.29 bits per heavy atom. The number of anilines is 1. The first kappa shape index (κ1) is 15.7. The van der Waals surface area contributed by atoms with Crippen LogP contribution in [0, 0.1) is 0 Å². The molecule has 0 radical (unpaired) electrons. The van der Waals surface area contributed by atoms with Crippen LogP contribution in [0.5, 0.6) is 5.75 Å². The highest BCUT2D eigenvalue weighted by Crippen LogP contribution is 2.27. The average Bonchev–Trinajstić information content (AvgIpc) is 2.45. The van der Waals surface area contributed by atoms with Gasteiger partial charge in [0.2, 0.25) is 0 Å². The Hall–Kier alpha value is -1.66. The summed E-state index contributed by atoms with van der Waals surface area (Å²) in [6.07, 6.45) is 0. The summed E-state index contributed by atoms with van der Waals surface area (Å²) in [5, 5.41) is 8.91. The first-order chi connectivity index (χ1) is 10.1. The predicted molar refractivity (Wildman–Crippen MR) is 88.2 cm³/mol. The van der Waals surface area contributed by atoms with Crippen LogP contribution in [0.2, 0.25) is 0 Å². The van der Waals surface area contributed by atoms with Gasteiger partial charge in [-0.3, -0.25) is 0 Å². The number of carbonyl (C=O) groups is 1. The summed E-state index contributed by atoms with van der Waals surface area (Å²) in [6.45, 7) is 0.475. The van der Waals surface area contributed by atoms with Gasteiger partial charge >= 0.3 is 5.97 Å². The van der Waals surface area contributed by atoms with Gasteiger partial charge in [0.15, 0.2) is 0 Å². The molecule has 0 spiro atoms. The number of benzene rings is 2. The molecular formula is C15H14BrNO3S. The summed E-state index contributed by atoms with van der Waals surface area (Å²) >= 11 is 4.96. The Morgan fingerprint density at radius 2 is 2.10 bits per heavy atom. The third-order valence-corrected chi connectivity index (χ3v) is 4.21. The first-order valence-corrected chi connectivity index (χ1v) is 7.98. The molecule has 0 saturated heterocycles. The topological polar surface area (TPSA) is 72.5 Å². The summed E-state index contributed by atoms with van der Waals surface area (Å²) in [7, 11) is 0. The summed E-state index contributed by atoms with van der Waals surface area (Å²) < 4.78 is 6.50. The fourth-order valence-electron chi connectivity index (χ4n) is 1.68. The maximum absolute atomic E-state index is 10.9. The second-order valence-electron chi connectivity index (χ2n) is 4.21. The third-order valence-electron chi connectivity index (χ3n) is 2.66. The van der Waals surface area contributed by atoms with E-state index in [1.165, 1.54) is 12.1 Å². The van der Waals surface area contributed by atoms with Crippen molar-refractivity contribution in [1.29, 1.82) is 0 Å². The lowest BCUT2D eigenvalue weighted by Crippen LogP contribution is -2.02. The summed E-state index contributed by atoms with van der Waals surface area (Å²) in [4.78, 5) is 11.9. The Labute approximate surface area is 135 Å². The van der Waals surface area contributed by atoms with Crippen molar-refractivity contribution in [2.24, 2.45) is 0 Å². The average molecular weight is 368 g/mol. The molecule has 0 aliphatic carbocycles. The standard InChI is InChI=1S/C15H14BrNO3S/c16-11-4-5-14(13(17)9-11)21-7-6-20-12-3-1-2-10(8-12)15(18)19/h1-5,8-9H,6-7,17H2,(H,18,19). The van der Waals surface area contributed by atoms with Gasteiger partial charge in [0, 0.05) is 20.8 Å². The van der Waals surface area contributed by atoms with Crippen molar-refractivity contribution in [3.63, 3.8) is 0 Å². The number of halogens is 1. The van der Waals surface area contributed by atoms with E-state index in [4.69, 9.17) is 15.6 Å². The van der Waals surface area contributed by atoms with Gasteiger partial charge in [-0.05, 0) is 36.4 Å². The first-order valence-electron chi connectivity index (χ1n) is 6.20. The molecule has 4 nitrogen and oxygen atoms in total. The number of thioether (sulfide) groups is 1. The second kappa shape index (κ2) is 7.38. The molecular weight excluding hydrogens is 354 g/mol. The van der Waals surface area contributed by atoms with Crippen molar-refractivity contribution >= 4 is 39.3 Å². The zero-order chi connectivity index (χ0) is 15.2. The van der Waals surface area contributed by atoms with Gasteiger partial charge in [-0.15, -0.1) is 11.8 Å². The van der Waals surface area contributed by atoms with Gasteiger partial charge in [-0.2, -0.15) is 0 Å². The normalized spacial score (nSPS) is 10.3. The molecule has 2 aromatic rings. The Bertz CT molecular complexity index is 649. The van der Waals surface area contributed by atoms with E-state index in [9.17, 15) is 4.79 Å². The van der Waals surface area contributed by atoms with Crippen molar-refractivity contribution in [2.45, 2.75) is 4.90 Å². The monoisotopic (exact) mass is 367 g/mol. The number of carboxylic acids is 1. The Morgan fingerprint density at radius 3 is 2.81 bits per heavy atom. The molecule has 0 fully saturated rings. The largest absolute Gasteiger partial charge is 0.493 e. The minimum atomic E-state index is -0.961. The maximum atomic E-state index is 10.9. The van der Waals surface area contributed by atoms with Gasteiger partial charge in [0.25, 0.3) is 0 Å². The smallest absolute Gasteiger partial charge is 0.335 e. The zero-order valence-electron chi connectivity index (χ0n) is 11.1. The Kier molecular flexibility index (Phi) is 5.52. The molecule has 2 aromatic carbocycles. The summed E-state index contributed by atoms with van der Waals surface area (Å²) in [5.74, 6) is 0.320.